The molecule has 0 aromatic carbocycles. The number of nitrogens with zero attached hydrogens (tertiary/aromatic N) is 3. The maximum Gasteiger partial charge on any atom is 0.410 e. The van der Waals surface area contributed by atoms with Crippen LogP contribution in [-0.4, -0.2) is 58.7 Å². The molecule has 3 heterocycles. The highest BCUT2D eigenvalue weighted by Crippen LogP contribution is 2.35. The summed E-state index contributed by atoms with van der Waals surface area (Å²) in [6.07, 6.45) is 2.68. The molecular weight excluding hydrogens is 260 g/mol. The highest BCUT2D eigenvalue weighted by atomic mass is 16.7. The van der Waals surface area contributed by atoms with E-state index in [2.05, 4.69) is 10.5 Å². The van der Waals surface area contributed by atoms with Crippen LogP contribution in [0.3, 0.4) is 0 Å². The topological polar surface area (TPSA) is 57.3 Å². The molecule has 0 saturated carbocycles. The minimum Gasteiger partial charge on any atom is -0.444 e. The van der Waals surface area contributed by atoms with Crippen molar-refractivity contribution in [3.63, 3.8) is 0 Å². The molecule has 0 aliphatic carbocycles. The first-order chi connectivity index (χ1) is 9.33. The zero-order valence-electron chi connectivity index (χ0n) is 12.4. The molecule has 7 heteroatoms. The molecule has 3 aliphatic rings. The third-order valence-corrected chi connectivity index (χ3v) is 3.75. The molecular formula is C13H22N4O3. The van der Waals surface area contributed by atoms with Crippen molar-refractivity contribution in [3.05, 3.63) is 12.1 Å². The van der Waals surface area contributed by atoms with Gasteiger partial charge < -0.3 is 19.4 Å². The largest absolute Gasteiger partial charge is 0.444 e. The quantitative estimate of drug-likeness (QED) is 0.770. The molecule has 3 aliphatic heterocycles. The van der Waals surface area contributed by atoms with Crippen LogP contribution in [0.4, 0.5) is 4.79 Å². The van der Waals surface area contributed by atoms with Crippen molar-refractivity contribution < 1.29 is 14.4 Å². The van der Waals surface area contributed by atoms with Crippen LogP contribution in [0.15, 0.2) is 12.1 Å². The molecule has 0 aromatic heterocycles. The number of ether oxygens (including phenoxy) is 1. The molecule has 20 heavy (non-hydrogen) atoms. The van der Waals surface area contributed by atoms with Gasteiger partial charge in [0.05, 0.1) is 18.3 Å². The number of rotatable bonds is 1. The molecule has 0 radical (unpaired) electrons. The number of likely N-dealkylation sites (tertiary alicyclic amines) is 2. The average Bonchev–Trinajstić information content (AvgIpc) is 2.99. The number of hydrogen-bond acceptors (Lipinski definition) is 6. The zero-order chi connectivity index (χ0) is 14.5. The first-order valence-electron chi connectivity index (χ1n) is 6.97. The van der Waals surface area contributed by atoms with Crippen LogP contribution in [0, 0.1) is 0 Å². The lowest BCUT2D eigenvalue weighted by molar-refractivity contribution is -0.0172. The second kappa shape index (κ2) is 4.44. The summed E-state index contributed by atoms with van der Waals surface area (Å²) < 4.78 is 5.45. The van der Waals surface area contributed by atoms with E-state index in [0.717, 1.165) is 18.8 Å². The average molecular weight is 282 g/mol. The summed E-state index contributed by atoms with van der Waals surface area (Å²) in [5.74, 6) is 0.823. The molecule has 2 saturated heterocycles. The van der Waals surface area contributed by atoms with Gasteiger partial charge in [-0.05, 0) is 27.2 Å². The lowest BCUT2D eigenvalue weighted by Gasteiger charge is -2.35. The third kappa shape index (κ3) is 2.37. The van der Waals surface area contributed by atoms with E-state index in [-0.39, 0.29) is 12.1 Å². The minimum atomic E-state index is -0.442. The number of amides is 1. The van der Waals surface area contributed by atoms with Gasteiger partial charge in [0.2, 0.25) is 5.88 Å². The van der Waals surface area contributed by atoms with E-state index in [1.54, 1.807) is 5.01 Å². The standard InChI is InChI=1S/C13H22N4O3/c1-13(2,3)19-12(18)17-7-9-5-10(17)6-16(9)11-8-15(4)14-20-11/h8-10,14H,5-7H2,1-4H3/t9?,10-/m0/s1. The molecule has 2 atom stereocenters. The maximum atomic E-state index is 12.1. The van der Waals surface area contributed by atoms with Crippen molar-refractivity contribution in [1.82, 2.24) is 20.4 Å². The van der Waals surface area contributed by atoms with Gasteiger partial charge in [0.25, 0.3) is 0 Å². The SMILES string of the molecule is CN1C=C(N2C[C@@H]3CC2CN3C(=O)OC(C)(C)C)ON1. The Morgan fingerprint density at radius 3 is 2.65 bits per heavy atom. The fraction of sp³-hybridized carbons (Fsp3) is 0.769. The van der Waals surface area contributed by atoms with E-state index < -0.39 is 5.60 Å². The Kier molecular flexibility index (Phi) is 2.97. The monoisotopic (exact) mass is 282 g/mol. The Morgan fingerprint density at radius 1 is 1.40 bits per heavy atom. The van der Waals surface area contributed by atoms with Crippen LogP contribution in [0.2, 0.25) is 0 Å². The molecule has 0 spiro atoms. The molecule has 0 aromatic rings. The van der Waals surface area contributed by atoms with Crippen molar-refractivity contribution >= 4 is 6.09 Å². The van der Waals surface area contributed by atoms with Crippen molar-refractivity contribution in [2.45, 2.75) is 44.9 Å². The Morgan fingerprint density at radius 2 is 2.15 bits per heavy atom. The van der Waals surface area contributed by atoms with Crippen LogP contribution < -0.4 is 5.59 Å². The summed E-state index contributed by atoms with van der Waals surface area (Å²) in [5, 5.41) is 1.77. The molecule has 1 N–H and O–H groups in total. The molecule has 2 fully saturated rings. The minimum absolute atomic E-state index is 0.207. The molecule has 1 amide bonds. The van der Waals surface area contributed by atoms with Crippen LogP contribution in [-0.2, 0) is 9.57 Å². The number of nitrogens with one attached hydrogen (secondary N) is 1. The Hall–Kier alpha value is -1.63. The van der Waals surface area contributed by atoms with Gasteiger partial charge in [-0.1, -0.05) is 5.59 Å². The summed E-state index contributed by atoms with van der Waals surface area (Å²) in [6.45, 7) is 7.17. The molecule has 112 valence electrons. The summed E-state index contributed by atoms with van der Waals surface area (Å²) >= 11 is 0. The Balaban J connectivity index is 1.62. The number of piperazine rings is 1. The lowest BCUT2D eigenvalue weighted by Crippen LogP contribution is -2.49. The van der Waals surface area contributed by atoms with Crippen molar-refractivity contribution in [2.75, 3.05) is 20.1 Å². The van der Waals surface area contributed by atoms with Gasteiger partial charge in [-0.25, -0.2) is 4.79 Å². The summed E-state index contributed by atoms with van der Waals surface area (Å²) in [7, 11) is 1.88. The van der Waals surface area contributed by atoms with E-state index in [1.165, 1.54) is 0 Å². The summed E-state index contributed by atoms with van der Waals surface area (Å²) in [5.41, 5.74) is 2.32. The highest BCUT2D eigenvalue weighted by Gasteiger charge is 2.48. The fourth-order valence-corrected chi connectivity index (χ4v) is 2.95. The van der Waals surface area contributed by atoms with E-state index in [1.807, 2.05) is 38.9 Å². The van der Waals surface area contributed by atoms with Gasteiger partial charge in [0.1, 0.15) is 5.60 Å². The van der Waals surface area contributed by atoms with Gasteiger partial charge in [0.15, 0.2) is 0 Å². The van der Waals surface area contributed by atoms with Crippen molar-refractivity contribution in [2.24, 2.45) is 0 Å². The smallest absolute Gasteiger partial charge is 0.410 e. The van der Waals surface area contributed by atoms with Crippen LogP contribution >= 0.6 is 0 Å². The van der Waals surface area contributed by atoms with E-state index in [4.69, 9.17) is 9.57 Å². The van der Waals surface area contributed by atoms with Gasteiger partial charge in [-0.2, -0.15) is 0 Å². The number of carbonyl (C=O) groups is 1. The second-order valence-electron chi connectivity index (χ2n) is 6.60. The van der Waals surface area contributed by atoms with Crippen LogP contribution in [0.25, 0.3) is 0 Å². The normalized spacial score (nSPS) is 28.8. The Labute approximate surface area is 119 Å². The molecule has 3 rings (SSSR count). The predicted octanol–water partition coefficient (Wildman–Crippen LogP) is 0.860. The number of fused-ring (bicyclic) bond motifs is 2. The lowest BCUT2D eigenvalue weighted by atomic mass is 10.2. The summed E-state index contributed by atoms with van der Waals surface area (Å²) in [6, 6.07) is 0.525. The number of hydrazine groups is 1. The number of carbonyl (C=O) groups excluding carboxylic acids is 1. The molecule has 7 nitrogen and oxygen atoms in total. The van der Waals surface area contributed by atoms with E-state index in [9.17, 15) is 4.79 Å². The predicted molar refractivity (Wildman–Crippen MR) is 71.9 cm³/mol. The van der Waals surface area contributed by atoms with E-state index in [0.29, 0.717) is 12.6 Å². The summed E-state index contributed by atoms with van der Waals surface area (Å²) in [4.78, 5) is 21.6. The first kappa shape index (κ1) is 13.4. The van der Waals surface area contributed by atoms with Gasteiger partial charge in [0, 0.05) is 20.1 Å². The molecule has 2 bridgehead atoms. The Bertz CT molecular complexity index is 445. The van der Waals surface area contributed by atoms with Gasteiger partial charge >= 0.3 is 6.09 Å². The fourth-order valence-electron chi connectivity index (χ4n) is 2.95. The van der Waals surface area contributed by atoms with E-state index >= 15 is 0 Å². The zero-order valence-corrected chi connectivity index (χ0v) is 12.4. The third-order valence-electron chi connectivity index (χ3n) is 3.75. The van der Waals surface area contributed by atoms with Gasteiger partial charge in [-0.15, -0.1) is 0 Å². The van der Waals surface area contributed by atoms with Gasteiger partial charge in [-0.3, -0.25) is 5.01 Å². The van der Waals surface area contributed by atoms with Crippen LogP contribution in [0.1, 0.15) is 27.2 Å². The highest BCUT2D eigenvalue weighted by molar-refractivity contribution is 5.69. The van der Waals surface area contributed by atoms with Crippen LogP contribution in [0.5, 0.6) is 0 Å². The van der Waals surface area contributed by atoms with Crippen molar-refractivity contribution in [1.29, 1.82) is 0 Å². The molecule has 1 unspecified atom stereocenters. The first-order valence-corrected chi connectivity index (χ1v) is 6.97. The second-order valence-corrected chi connectivity index (χ2v) is 6.60. The maximum absolute atomic E-state index is 12.1. The van der Waals surface area contributed by atoms with Crippen molar-refractivity contribution in [3.8, 4) is 0 Å². The number of hydrogen-bond donors (Lipinski definition) is 1.